The van der Waals surface area contributed by atoms with Crippen molar-refractivity contribution in [2.45, 2.75) is 13.3 Å². The van der Waals surface area contributed by atoms with Crippen LogP contribution >= 0.6 is 11.6 Å². The third kappa shape index (κ3) is 4.55. The van der Waals surface area contributed by atoms with Crippen molar-refractivity contribution in [2.24, 2.45) is 0 Å². The molecule has 4 heteroatoms. The number of phenols is 1. The first kappa shape index (κ1) is 20.0. The van der Waals surface area contributed by atoms with Crippen LogP contribution < -0.4 is 4.74 Å². The van der Waals surface area contributed by atoms with Crippen molar-refractivity contribution in [1.82, 2.24) is 0 Å². The predicted octanol–water partition coefficient (Wildman–Crippen LogP) is 6.52. The zero-order chi connectivity index (χ0) is 19.9. The number of phenolic OH excluding ortho intramolecular Hbond substituents is 1. The standard InChI is InChI=1S/C24H22ClFO2/c1-2-21(17-6-4-3-5-7-17)24(19-10-13-23(27)22(26)16-19)18-8-11-20(12-9-18)28-15-14-25/h3-13,16,27H,2,14-15H2,1H3/b24-21+. The van der Waals surface area contributed by atoms with E-state index < -0.39 is 5.82 Å². The Kier molecular flexibility index (Phi) is 6.72. The first-order chi connectivity index (χ1) is 13.6. The molecule has 3 rings (SSSR count). The van der Waals surface area contributed by atoms with Gasteiger partial charge in [-0.15, -0.1) is 11.6 Å². The molecule has 0 aliphatic carbocycles. The van der Waals surface area contributed by atoms with Crippen LogP contribution in [0.4, 0.5) is 4.39 Å². The number of halogens is 2. The highest BCUT2D eigenvalue weighted by Gasteiger charge is 2.15. The van der Waals surface area contributed by atoms with Gasteiger partial charge in [0.15, 0.2) is 11.6 Å². The monoisotopic (exact) mass is 396 g/mol. The number of ether oxygens (including phenoxy) is 1. The van der Waals surface area contributed by atoms with Crippen molar-refractivity contribution in [1.29, 1.82) is 0 Å². The van der Waals surface area contributed by atoms with Crippen molar-refractivity contribution in [2.75, 3.05) is 12.5 Å². The topological polar surface area (TPSA) is 29.5 Å². The van der Waals surface area contributed by atoms with Crippen LogP contribution in [0.5, 0.6) is 11.5 Å². The average Bonchev–Trinajstić information content (AvgIpc) is 2.74. The van der Waals surface area contributed by atoms with E-state index in [0.717, 1.165) is 34.4 Å². The minimum atomic E-state index is -0.638. The van der Waals surface area contributed by atoms with E-state index >= 15 is 0 Å². The summed E-state index contributed by atoms with van der Waals surface area (Å²) >= 11 is 5.68. The number of rotatable bonds is 7. The molecule has 0 aromatic heterocycles. The summed E-state index contributed by atoms with van der Waals surface area (Å²) in [5.74, 6) is 0.165. The Morgan fingerprint density at radius 2 is 1.61 bits per heavy atom. The van der Waals surface area contributed by atoms with E-state index in [9.17, 15) is 9.50 Å². The second-order valence-electron chi connectivity index (χ2n) is 6.30. The Bertz CT molecular complexity index is 950. The minimum Gasteiger partial charge on any atom is -0.505 e. The van der Waals surface area contributed by atoms with Crippen molar-refractivity contribution in [3.63, 3.8) is 0 Å². The molecule has 3 aromatic rings. The summed E-state index contributed by atoms with van der Waals surface area (Å²) in [6.07, 6.45) is 0.770. The molecule has 0 heterocycles. The number of allylic oxidation sites excluding steroid dienone is 1. The molecule has 0 bridgehead atoms. The first-order valence-electron chi connectivity index (χ1n) is 9.20. The van der Waals surface area contributed by atoms with Crippen LogP contribution in [0.2, 0.25) is 0 Å². The maximum atomic E-state index is 14.1. The molecular formula is C24H22ClFO2. The summed E-state index contributed by atoms with van der Waals surface area (Å²) in [5, 5.41) is 9.61. The van der Waals surface area contributed by atoms with Crippen LogP contribution in [0, 0.1) is 5.82 Å². The Morgan fingerprint density at radius 3 is 2.21 bits per heavy atom. The zero-order valence-electron chi connectivity index (χ0n) is 15.7. The molecular weight excluding hydrogens is 375 g/mol. The fourth-order valence-electron chi connectivity index (χ4n) is 3.22. The van der Waals surface area contributed by atoms with E-state index in [-0.39, 0.29) is 5.75 Å². The quantitative estimate of drug-likeness (QED) is 0.364. The Balaban J connectivity index is 2.16. The van der Waals surface area contributed by atoms with Crippen LogP contribution in [-0.4, -0.2) is 17.6 Å². The van der Waals surface area contributed by atoms with Gasteiger partial charge in [0.1, 0.15) is 12.4 Å². The highest BCUT2D eigenvalue weighted by atomic mass is 35.5. The molecule has 0 saturated carbocycles. The SMILES string of the molecule is CC/C(=C(/c1ccc(OCCCl)cc1)c1ccc(O)c(F)c1)c1ccccc1. The number of aromatic hydroxyl groups is 1. The van der Waals surface area contributed by atoms with Crippen LogP contribution in [0.15, 0.2) is 72.8 Å². The number of benzene rings is 3. The van der Waals surface area contributed by atoms with Gasteiger partial charge < -0.3 is 9.84 Å². The van der Waals surface area contributed by atoms with E-state index in [1.165, 1.54) is 12.1 Å². The van der Waals surface area contributed by atoms with Crippen LogP contribution in [-0.2, 0) is 0 Å². The van der Waals surface area contributed by atoms with E-state index in [1.54, 1.807) is 6.07 Å². The summed E-state index contributed by atoms with van der Waals surface area (Å²) in [5.41, 5.74) is 4.77. The predicted molar refractivity (Wildman–Crippen MR) is 113 cm³/mol. The summed E-state index contributed by atoms with van der Waals surface area (Å²) in [7, 11) is 0. The fraction of sp³-hybridized carbons (Fsp3) is 0.167. The third-order valence-electron chi connectivity index (χ3n) is 4.50. The molecule has 0 radical (unpaired) electrons. The van der Waals surface area contributed by atoms with Gasteiger partial charge in [0.25, 0.3) is 0 Å². The van der Waals surface area contributed by atoms with E-state index in [2.05, 4.69) is 6.92 Å². The summed E-state index contributed by atoms with van der Waals surface area (Å²) < 4.78 is 19.7. The Morgan fingerprint density at radius 1 is 0.929 bits per heavy atom. The summed E-state index contributed by atoms with van der Waals surface area (Å²) in [6, 6.07) is 22.2. The molecule has 3 aromatic carbocycles. The third-order valence-corrected chi connectivity index (χ3v) is 4.66. The van der Waals surface area contributed by atoms with Gasteiger partial charge >= 0.3 is 0 Å². The average molecular weight is 397 g/mol. The minimum absolute atomic E-state index is 0.356. The highest BCUT2D eigenvalue weighted by Crippen LogP contribution is 2.36. The van der Waals surface area contributed by atoms with Crippen molar-refractivity contribution in [3.8, 4) is 11.5 Å². The normalized spacial score (nSPS) is 11.8. The fourth-order valence-corrected chi connectivity index (χ4v) is 3.29. The smallest absolute Gasteiger partial charge is 0.165 e. The van der Waals surface area contributed by atoms with Gasteiger partial charge in [-0.1, -0.05) is 55.5 Å². The second kappa shape index (κ2) is 9.43. The molecule has 144 valence electrons. The molecule has 0 atom stereocenters. The van der Waals surface area contributed by atoms with Crippen molar-refractivity contribution in [3.05, 3.63) is 95.3 Å². The molecule has 0 amide bonds. The number of hydrogen-bond acceptors (Lipinski definition) is 2. The first-order valence-corrected chi connectivity index (χ1v) is 9.74. The summed E-state index contributed by atoms with van der Waals surface area (Å²) in [6.45, 7) is 2.52. The lowest BCUT2D eigenvalue weighted by Crippen LogP contribution is -1.99. The van der Waals surface area contributed by atoms with Gasteiger partial charge in [0.05, 0.1) is 5.88 Å². The van der Waals surface area contributed by atoms with Gasteiger partial charge in [0, 0.05) is 0 Å². The molecule has 0 fully saturated rings. The Labute approximate surface area is 169 Å². The number of hydrogen-bond donors (Lipinski definition) is 1. The van der Waals surface area contributed by atoms with Gasteiger partial charge in [-0.05, 0) is 58.5 Å². The zero-order valence-corrected chi connectivity index (χ0v) is 16.4. The molecule has 0 unspecified atom stereocenters. The van der Waals surface area contributed by atoms with Crippen LogP contribution in [0.3, 0.4) is 0 Å². The lowest BCUT2D eigenvalue weighted by molar-refractivity contribution is 0.343. The van der Waals surface area contributed by atoms with Crippen molar-refractivity contribution >= 4 is 22.7 Å². The van der Waals surface area contributed by atoms with Gasteiger partial charge in [-0.3, -0.25) is 0 Å². The van der Waals surface area contributed by atoms with E-state index in [0.29, 0.717) is 18.1 Å². The maximum absolute atomic E-state index is 14.1. The van der Waals surface area contributed by atoms with Gasteiger partial charge in [0.2, 0.25) is 0 Å². The Hall–Kier alpha value is -2.78. The second-order valence-corrected chi connectivity index (χ2v) is 6.68. The molecule has 0 aliphatic heterocycles. The van der Waals surface area contributed by atoms with Gasteiger partial charge in [-0.2, -0.15) is 0 Å². The lowest BCUT2D eigenvalue weighted by Gasteiger charge is -2.17. The molecule has 28 heavy (non-hydrogen) atoms. The molecule has 1 N–H and O–H groups in total. The highest BCUT2D eigenvalue weighted by molar-refractivity contribution is 6.18. The molecule has 0 saturated heterocycles. The largest absolute Gasteiger partial charge is 0.505 e. The van der Waals surface area contributed by atoms with Crippen molar-refractivity contribution < 1.29 is 14.2 Å². The maximum Gasteiger partial charge on any atom is 0.165 e. The lowest BCUT2D eigenvalue weighted by atomic mass is 9.88. The van der Waals surface area contributed by atoms with E-state index in [4.69, 9.17) is 16.3 Å². The van der Waals surface area contributed by atoms with Crippen LogP contribution in [0.25, 0.3) is 11.1 Å². The molecule has 0 spiro atoms. The summed E-state index contributed by atoms with van der Waals surface area (Å²) in [4.78, 5) is 0. The van der Waals surface area contributed by atoms with Gasteiger partial charge in [-0.25, -0.2) is 4.39 Å². The molecule has 2 nitrogen and oxygen atoms in total. The van der Waals surface area contributed by atoms with Crippen LogP contribution in [0.1, 0.15) is 30.0 Å². The number of alkyl halides is 1. The molecule has 0 aliphatic rings. The van der Waals surface area contributed by atoms with E-state index in [1.807, 2.05) is 54.6 Å².